The van der Waals surface area contributed by atoms with Gasteiger partial charge in [-0.05, 0) is 56.9 Å². The van der Waals surface area contributed by atoms with Crippen molar-refractivity contribution in [3.05, 3.63) is 64.2 Å². The molecule has 0 atom stereocenters. The van der Waals surface area contributed by atoms with Crippen molar-refractivity contribution in [3.8, 4) is 0 Å². The van der Waals surface area contributed by atoms with E-state index in [9.17, 15) is 9.59 Å². The number of nitrogens with one attached hydrogen (secondary N) is 2. The van der Waals surface area contributed by atoms with Crippen molar-refractivity contribution in [3.63, 3.8) is 0 Å². The molecule has 2 rings (SSSR count). The van der Waals surface area contributed by atoms with E-state index < -0.39 is 0 Å². The summed E-state index contributed by atoms with van der Waals surface area (Å²) in [6, 6.07) is 11.9. The van der Waals surface area contributed by atoms with E-state index in [1.807, 2.05) is 32.0 Å². The molecule has 0 fully saturated rings. The van der Waals surface area contributed by atoms with Gasteiger partial charge in [-0.1, -0.05) is 23.7 Å². The van der Waals surface area contributed by atoms with Gasteiger partial charge in [-0.2, -0.15) is 0 Å². The molecule has 0 heterocycles. The largest absolute Gasteiger partial charge is 0.351 e. The zero-order valence-corrected chi connectivity index (χ0v) is 15.4. The van der Waals surface area contributed by atoms with Gasteiger partial charge in [-0.25, -0.2) is 0 Å². The molecule has 0 aliphatic heterocycles. The Bertz CT molecular complexity index is 775. The first-order valence-electron chi connectivity index (χ1n) is 7.97. The van der Waals surface area contributed by atoms with Gasteiger partial charge in [0.2, 0.25) is 0 Å². The van der Waals surface area contributed by atoms with Gasteiger partial charge in [0.25, 0.3) is 11.8 Å². The third-order valence-electron chi connectivity index (χ3n) is 3.68. The fourth-order valence-corrected chi connectivity index (χ4v) is 2.39. The standard InChI is InChI=1S/C19H22ClN3O2/c1-13-7-8-16(20)12-17(13)22-19(25)15-6-4-5-14(11-15)18(24)21-9-10-23(2)3/h4-8,11-12H,9-10H2,1-3H3,(H,21,24)(H,22,25). The first kappa shape index (κ1) is 19.0. The maximum atomic E-state index is 12.5. The van der Waals surface area contributed by atoms with Crippen molar-refractivity contribution in [2.45, 2.75) is 6.92 Å². The smallest absolute Gasteiger partial charge is 0.255 e. The fraction of sp³-hybridized carbons (Fsp3) is 0.263. The van der Waals surface area contributed by atoms with Gasteiger partial charge in [0.1, 0.15) is 0 Å². The number of likely N-dealkylation sites (N-methyl/N-ethyl adjacent to an activating group) is 1. The van der Waals surface area contributed by atoms with E-state index in [2.05, 4.69) is 10.6 Å². The highest BCUT2D eigenvalue weighted by Gasteiger charge is 2.12. The summed E-state index contributed by atoms with van der Waals surface area (Å²) in [6.07, 6.45) is 0. The van der Waals surface area contributed by atoms with Crippen molar-refractivity contribution in [1.82, 2.24) is 10.2 Å². The molecule has 0 aliphatic carbocycles. The van der Waals surface area contributed by atoms with Crippen molar-refractivity contribution < 1.29 is 9.59 Å². The number of rotatable bonds is 6. The molecule has 2 N–H and O–H groups in total. The third-order valence-corrected chi connectivity index (χ3v) is 3.91. The van der Waals surface area contributed by atoms with Crippen LogP contribution >= 0.6 is 11.6 Å². The molecule has 0 unspecified atom stereocenters. The number of hydrogen-bond donors (Lipinski definition) is 2. The second-order valence-electron chi connectivity index (χ2n) is 6.05. The lowest BCUT2D eigenvalue weighted by atomic mass is 10.1. The predicted molar refractivity (Wildman–Crippen MR) is 101 cm³/mol. The van der Waals surface area contributed by atoms with Crippen LogP contribution in [0.25, 0.3) is 0 Å². The van der Waals surface area contributed by atoms with Crippen molar-refractivity contribution in [1.29, 1.82) is 0 Å². The van der Waals surface area contributed by atoms with Gasteiger partial charge in [-0.15, -0.1) is 0 Å². The Morgan fingerprint density at radius 2 is 1.72 bits per heavy atom. The molecule has 0 spiro atoms. The Labute approximate surface area is 153 Å². The van der Waals surface area contributed by atoms with Crippen molar-refractivity contribution in [2.75, 3.05) is 32.5 Å². The summed E-state index contributed by atoms with van der Waals surface area (Å²) < 4.78 is 0. The van der Waals surface area contributed by atoms with Gasteiger partial charge >= 0.3 is 0 Å². The van der Waals surface area contributed by atoms with Crippen LogP contribution in [-0.4, -0.2) is 43.9 Å². The molecule has 0 bridgehead atoms. The van der Waals surface area contributed by atoms with Crippen LogP contribution in [0.4, 0.5) is 5.69 Å². The van der Waals surface area contributed by atoms with E-state index in [4.69, 9.17) is 11.6 Å². The average Bonchev–Trinajstić information content (AvgIpc) is 2.57. The van der Waals surface area contributed by atoms with E-state index in [0.717, 1.165) is 12.1 Å². The monoisotopic (exact) mass is 359 g/mol. The number of hydrogen-bond acceptors (Lipinski definition) is 3. The maximum Gasteiger partial charge on any atom is 0.255 e. The lowest BCUT2D eigenvalue weighted by Crippen LogP contribution is -2.31. The number of nitrogens with zero attached hydrogens (tertiary/aromatic N) is 1. The summed E-state index contributed by atoms with van der Waals surface area (Å²) >= 11 is 5.98. The highest BCUT2D eigenvalue weighted by atomic mass is 35.5. The Hall–Kier alpha value is -2.37. The number of aryl methyl sites for hydroxylation is 1. The predicted octanol–water partition coefficient (Wildman–Crippen LogP) is 3.19. The van der Waals surface area contributed by atoms with Gasteiger partial charge in [0.05, 0.1) is 0 Å². The quantitative estimate of drug-likeness (QED) is 0.832. The van der Waals surface area contributed by atoms with Crippen LogP contribution in [-0.2, 0) is 0 Å². The van der Waals surface area contributed by atoms with Crippen LogP contribution in [0.2, 0.25) is 5.02 Å². The number of benzene rings is 2. The fourth-order valence-electron chi connectivity index (χ4n) is 2.22. The van der Waals surface area contributed by atoms with Crippen LogP contribution in [0.1, 0.15) is 26.3 Å². The number of carbonyl (C=O) groups excluding carboxylic acids is 2. The van der Waals surface area contributed by atoms with Crippen LogP contribution in [0, 0.1) is 6.92 Å². The minimum Gasteiger partial charge on any atom is -0.351 e. The molecule has 0 aromatic heterocycles. The van der Waals surface area contributed by atoms with E-state index in [1.54, 1.807) is 36.4 Å². The molecule has 2 aromatic carbocycles. The maximum absolute atomic E-state index is 12.5. The minimum atomic E-state index is -0.284. The molecule has 0 saturated heterocycles. The molecule has 0 radical (unpaired) electrons. The first-order chi connectivity index (χ1) is 11.9. The second-order valence-corrected chi connectivity index (χ2v) is 6.49. The molecule has 6 heteroatoms. The first-order valence-corrected chi connectivity index (χ1v) is 8.35. The number of halogens is 1. The second kappa shape index (κ2) is 8.65. The molecule has 5 nitrogen and oxygen atoms in total. The van der Waals surface area contributed by atoms with E-state index in [1.165, 1.54) is 0 Å². The zero-order valence-electron chi connectivity index (χ0n) is 14.6. The molecule has 0 aliphatic rings. The van der Waals surface area contributed by atoms with Crippen molar-refractivity contribution >= 4 is 29.1 Å². The molecular weight excluding hydrogens is 338 g/mol. The zero-order chi connectivity index (χ0) is 18.4. The molecule has 2 amide bonds. The highest BCUT2D eigenvalue weighted by Crippen LogP contribution is 2.21. The van der Waals surface area contributed by atoms with Crippen molar-refractivity contribution in [2.24, 2.45) is 0 Å². The summed E-state index contributed by atoms with van der Waals surface area (Å²) in [7, 11) is 3.88. The van der Waals surface area contributed by atoms with Gasteiger partial charge in [0, 0.05) is 34.9 Å². The summed E-state index contributed by atoms with van der Waals surface area (Å²) in [6.45, 7) is 3.19. The van der Waals surface area contributed by atoms with Crippen LogP contribution in [0.5, 0.6) is 0 Å². The molecule has 2 aromatic rings. The summed E-state index contributed by atoms with van der Waals surface area (Å²) in [5, 5.41) is 6.21. The third kappa shape index (κ3) is 5.59. The molecular formula is C19H22ClN3O2. The van der Waals surface area contributed by atoms with Gasteiger partial charge in [-0.3, -0.25) is 9.59 Å². The summed E-state index contributed by atoms with van der Waals surface area (Å²) in [4.78, 5) is 26.6. The van der Waals surface area contributed by atoms with Gasteiger partial charge < -0.3 is 15.5 Å². The minimum absolute atomic E-state index is 0.199. The number of anilines is 1. The summed E-state index contributed by atoms with van der Waals surface area (Å²) in [5.41, 5.74) is 2.43. The highest BCUT2D eigenvalue weighted by molar-refractivity contribution is 6.31. The van der Waals surface area contributed by atoms with Crippen LogP contribution in [0.15, 0.2) is 42.5 Å². The Morgan fingerprint density at radius 3 is 2.40 bits per heavy atom. The van der Waals surface area contributed by atoms with E-state index in [0.29, 0.717) is 28.4 Å². The molecule has 0 saturated carbocycles. The van der Waals surface area contributed by atoms with Crippen LogP contribution in [0.3, 0.4) is 0 Å². The molecule has 132 valence electrons. The lowest BCUT2D eigenvalue weighted by molar-refractivity contribution is 0.0951. The average molecular weight is 360 g/mol. The topological polar surface area (TPSA) is 61.4 Å². The Morgan fingerprint density at radius 1 is 1.04 bits per heavy atom. The van der Waals surface area contributed by atoms with Gasteiger partial charge in [0.15, 0.2) is 0 Å². The molecule has 25 heavy (non-hydrogen) atoms. The van der Waals surface area contributed by atoms with Crippen LogP contribution < -0.4 is 10.6 Å². The lowest BCUT2D eigenvalue weighted by Gasteiger charge is -2.11. The number of carbonyl (C=O) groups is 2. The number of amides is 2. The summed E-state index contributed by atoms with van der Waals surface area (Å²) in [5.74, 6) is -0.483. The van der Waals surface area contributed by atoms with E-state index in [-0.39, 0.29) is 11.8 Å². The van der Waals surface area contributed by atoms with E-state index >= 15 is 0 Å². The Balaban J connectivity index is 2.08. The SMILES string of the molecule is Cc1ccc(Cl)cc1NC(=O)c1cccc(C(=O)NCCN(C)C)c1. The Kier molecular flexibility index (Phi) is 6.56. The normalized spacial score (nSPS) is 10.6.